The molecule has 1 aromatic rings. The molecule has 1 fully saturated rings. The van der Waals surface area contributed by atoms with E-state index < -0.39 is 6.09 Å². The minimum absolute atomic E-state index is 0.123. The van der Waals surface area contributed by atoms with E-state index in [1.165, 1.54) is 0 Å². The highest BCUT2D eigenvalue weighted by atomic mass is 79.9. The molecule has 0 saturated carbocycles. The van der Waals surface area contributed by atoms with Crippen LogP contribution in [0.5, 0.6) is 0 Å². The fraction of sp³-hybridized carbons (Fsp3) is 0.417. The van der Waals surface area contributed by atoms with Gasteiger partial charge >= 0.3 is 6.09 Å². The van der Waals surface area contributed by atoms with Gasteiger partial charge in [0.2, 0.25) is 5.91 Å². The summed E-state index contributed by atoms with van der Waals surface area (Å²) >= 11 is 3.24. The molecular formula is C12H15BrN4O3. The zero-order valence-electron chi connectivity index (χ0n) is 10.6. The lowest BCUT2D eigenvalue weighted by Crippen LogP contribution is -2.35. The quantitative estimate of drug-likeness (QED) is 0.612. The number of pyridine rings is 1. The second-order valence-corrected chi connectivity index (χ2v) is 5.40. The van der Waals surface area contributed by atoms with Crippen LogP contribution in [0.3, 0.4) is 0 Å². The Kier molecular flexibility index (Phi) is 4.91. The van der Waals surface area contributed by atoms with Gasteiger partial charge in [0.25, 0.3) is 0 Å². The number of amides is 2. The van der Waals surface area contributed by atoms with E-state index in [4.69, 9.17) is 5.11 Å². The number of carbonyl (C=O) groups excluding carboxylic acids is 1. The van der Waals surface area contributed by atoms with Gasteiger partial charge in [0.05, 0.1) is 6.04 Å². The van der Waals surface area contributed by atoms with Crippen molar-refractivity contribution in [3.8, 4) is 0 Å². The van der Waals surface area contributed by atoms with E-state index in [2.05, 4.69) is 36.9 Å². The Morgan fingerprint density at radius 3 is 3.00 bits per heavy atom. The molecule has 1 saturated heterocycles. The zero-order chi connectivity index (χ0) is 14.5. The number of hydrogen-bond donors (Lipinski definition) is 4. The molecule has 0 unspecified atom stereocenters. The largest absolute Gasteiger partial charge is 0.465 e. The number of halogens is 1. The summed E-state index contributed by atoms with van der Waals surface area (Å²) in [6, 6.07) is 4.95. The Bertz CT molecular complexity index is 511. The van der Waals surface area contributed by atoms with E-state index in [0.29, 0.717) is 29.9 Å². The lowest BCUT2D eigenvalue weighted by atomic mass is 10.1. The SMILES string of the molecule is O=C(O)NC[C@@H]1CN[C@H](C(=O)Nc2cccc(Br)n2)C1. The van der Waals surface area contributed by atoms with Crippen molar-refractivity contribution in [2.45, 2.75) is 12.5 Å². The van der Waals surface area contributed by atoms with Crippen LogP contribution in [-0.4, -0.2) is 41.2 Å². The molecule has 0 aliphatic carbocycles. The van der Waals surface area contributed by atoms with Crippen LogP contribution in [0.15, 0.2) is 22.8 Å². The van der Waals surface area contributed by atoms with Gasteiger partial charge in [0.15, 0.2) is 0 Å². The van der Waals surface area contributed by atoms with Crippen molar-refractivity contribution in [2.75, 3.05) is 18.4 Å². The smallest absolute Gasteiger partial charge is 0.404 e. The Labute approximate surface area is 124 Å². The van der Waals surface area contributed by atoms with Crippen molar-refractivity contribution in [3.05, 3.63) is 22.8 Å². The van der Waals surface area contributed by atoms with Crippen molar-refractivity contribution < 1.29 is 14.7 Å². The molecule has 0 spiro atoms. The molecule has 1 aliphatic rings. The lowest BCUT2D eigenvalue weighted by Gasteiger charge is -2.11. The van der Waals surface area contributed by atoms with Gasteiger partial charge in [-0.15, -0.1) is 0 Å². The number of rotatable bonds is 4. The summed E-state index contributed by atoms with van der Waals surface area (Å²) in [6.45, 7) is 0.964. The van der Waals surface area contributed by atoms with Gasteiger partial charge in [-0.05, 0) is 40.4 Å². The topological polar surface area (TPSA) is 103 Å². The summed E-state index contributed by atoms with van der Waals surface area (Å²) in [6.07, 6.45) is -0.448. The van der Waals surface area contributed by atoms with Crippen LogP contribution < -0.4 is 16.0 Å². The molecule has 2 rings (SSSR count). The fourth-order valence-electron chi connectivity index (χ4n) is 2.09. The third-order valence-corrected chi connectivity index (χ3v) is 3.49. The van der Waals surface area contributed by atoms with E-state index in [0.717, 1.165) is 0 Å². The van der Waals surface area contributed by atoms with Crippen molar-refractivity contribution in [1.82, 2.24) is 15.6 Å². The van der Waals surface area contributed by atoms with Gasteiger partial charge in [-0.2, -0.15) is 0 Å². The summed E-state index contributed by atoms with van der Waals surface area (Å²) in [5.74, 6) is 0.448. The van der Waals surface area contributed by atoms with Crippen LogP contribution >= 0.6 is 15.9 Å². The maximum Gasteiger partial charge on any atom is 0.404 e. The highest BCUT2D eigenvalue weighted by molar-refractivity contribution is 9.10. The Morgan fingerprint density at radius 1 is 1.50 bits per heavy atom. The normalized spacial score (nSPS) is 21.4. The molecule has 7 nitrogen and oxygen atoms in total. The predicted octanol–water partition coefficient (Wildman–Crippen LogP) is 1.03. The molecule has 1 aromatic heterocycles. The van der Waals surface area contributed by atoms with Crippen LogP contribution in [0.4, 0.5) is 10.6 Å². The lowest BCUT2D eigenvalue weighted by molar-refractivity contribution is -0.117. The standard InChI is InChI=1S/C12H15BrN4O3/c13-9-2-1-3-10(16-9)17-11(18)8-4-7(5-14-8)6-15-12(19)20/h1-3,7-8,14-15H,4-6H2,(H,19,20)(H,16,17,18)/t7-,8-/m0/s1. The van der Waals surface area contributed by atoms with Crippen LogP contribution in [0.1, 0.15) is 6.42 Å². The molecule has 2 atom stereocenters. The first-order valence-corrected chi connectivity index (χ1v) is 6.97. The third kappa shape index (κ3) is 4.17. The van der Waals surface area contributed by atoms with E-state index >= 15 is 0 Å². The summed E-state index contributed by atoms with van der Waals surface area (Å²) in [4.78, 5) is 26.6. The monoisotopic (exact) mass is 342 g/mol. The number of nitrogens with zero attached hydrogens (tertiary/aromatic N) is 1. The van der Waals surface area contributed by atoms with Gasteiger partial charge < -0.3 is 21.1 Å². The zero-order valence-corrected chi connectivity index (χ0v) is 12.2. The van der Waals surface area contributed by atoms with Gasteiger partial charge in [0.1, 0.15) is 10.4 Å². The summed E-state index contributed by atoms with van der Waals surface area (Å²) in [5.41, 5.74) is 0. The van der Waals surface area contributed by atoms with Crippen molar-refractivity contribution in [1.29, 1.82) is 0 Å². The third-order valence-electron chi connectivity index (χ3n) is 3.05. The van der Waals surface area contributed by atoms with E-state index in [9.17, 15) is 9.59 Å². The van der Waals surface area contributed by atoms with Gasteiger partial charge in [-0.3, -0.25) is 4.79 Å². The first-order valence-electron chi connectivity index (χ1n) is 6.18. The van der Waals surface area contributed by atoms with Crippen LogP contribution in [0.25, 0.3) is 0 Å². The van der Waals surface area contributed by atoms with Crippen molar-refractivity contribution in [2.24, 2.45) is 5.92 Å². The first-order chi connectivity index (χ1) is 9.54. The summed E-state index contributed by atoms with van der Waals surface area (Å²) in [7, 11) is 0. The molecule has 0 bridgehead atoms. The molecule has 20 heavy (non-hydrogen) atoms. The fourth-order valence-corrected chi connectivity index (χ4v) is 2.43. The molecule has 1 aliphatic heterocycles. The molecule has 2 heterocycles. The van der Waals surface area contributed by atoms with Crippen LogP contribution in [0, 0.1) is 5.92 Å². The molecule has 2 amide bonds. The van der Waals surface area contributed by atoms with Gasteiger partial charge in [0, 0.05) is 13.1 Å². The average Bonchev–Trinajstić information content (AvgIpc) is 2.85. The Morgan fingerprint density at radius 2 is 2.30 bits per heavy atom. The number of carbonyl (C=O) groups is 2. The number of nitrogens with one attached hydrogen (secondary N) is 3. The molecule has 108 valence electrons. The average molecular weight is 343 g/mol. The highest BCUT2D eigenvalue weighted by Gasteiger charge is 2.29. The van der Waals surface area contributed by atoms with E-state index in [-0.39, 0.29) is 17.9 Å². The number of hydrogen-bond acceptors (Lipinski definition) is 4. The minimum Gasteiger partial charge on any atom is -0.465 e. The van der Waals surface area contributed by atoms with Crippen LogP contribution in [0.2, 0.25) is 0 Å². The Balaban J connectivity index is 1.83. The maximum absolute atomic E-state index is 12.0. The van der Waals surface area contributed by atoms with E-state index in [1.807, 2.05) is 0 Å². The predicted molar refractivity (Wildman–Crippen MR) is 76.5 cm³/mol. The Hall–Kier alpha value is -1.67. The molecular weight excluding hydrogens is 328 g/mol. The second-order valence-electron chi connectivity index (χ2n) is 4.58. The maximum atomic E-state index is 12.0. The minimum atomic E-state index is -1.05. The van der Waals surface area contributed by atoms with Gasteiger partial charge in [-0.25, -0.2) is 9.78 Å². The second kappa shape index (κ2) is 6.67. The van der Waals surface area contributed by atoms with Crippen molar-refractivity contribution >= 4 is 33.7 Å². The summed E-state index contributed by atoms with van der Waals surface area (Å²) < 4.78 is 0.651. The molecule has 8 heteroatoms. The first kappa shape index (κ1) is 14.7. The number of carboxylic acid groups (broad SMARTS) is 1. The molecule has 0 radical (unpaired) electrons. The van der Waals surface area contributed by atoms with Crippen LogP contribution in [-0.2, 0) is 4.79 Å². The summed E-state index contributed by atoms with van der Waals surface area (Å²) in [5, 5.41) is 16.7. The van der Waals surface area contributed by atoms with Gasteiger partial charge in [-0.1, -0.05) is 6.07 Å². The van der Waals surface area contributed by atoms with Crippen molar-refractivity contribution in [3.63, 3.8) is 0 Å². The molecule has 0 aromatic carbocycles. The molecule has 4 N–H and O–H groups in total. The number of anilines is 1. The number of aromatic nitrogens is 1. The highest BCUT2D eigenvalue weighted by Crippen LogP contribution is 2.16. The van der Waals surface area contributed by atoms with E-state index in [1.54, 1.807) is 18.2 Å².